The molecule has 0 saturated carbocycles. The van der Waals surface area contributed by atoms with Crippen LogP contribution in [-0.2, 0) is 29.9 Å². The lowest BCUT2D eigenvalue weighted by Crippen LogP contribution is -2.26. The smallest absolute Gasteiger partial charge is 0.416 e. The van der Waals surface area contributed by atoms with Gasteiger partial charge in [-0.3, -0.25) is 4.98 Å². The molecule has 3 rings (SSSR count). The van der Waals surface area contributed by atoms with Crippen LogP contribution in [0.25, 0.3) is 0 Å². The maximum Gasteiger partial charge on any atom is 0.416 e. The Balaban J connectivity index is 1.84. The average molecular weight is 389 g/mol. The lowest BCUT2D eigenvalue weighted by Gasteiger charge is -2.24. The molecule has 0 saturated heterocycles. The van der Waals surface area contributed by atoms with Crippen molar-refractivity contribution in [1.82, 2.24) is 4.98 Å². The van der Waals surface area contributed by atoms with Crippen LogP contribution < -0.4 is 0 Å². The summed E-state index contributed by atoms with van der Waals surface area (Å²) in [7, 11) is 0. The van der Waals surface area contributed by atoms with E-state index in [1.807, 2.05) is 0 Å². The van der Waals surface area contributed by atoms with Crippen LogP contribution in [0.2, 0.25) is 0 Å². The SMILES string of the molecule is O=C(OC1CCc2ncccc2C1)c1cc(C(F)(F)F)cc(C(F)(F)F)c1. The summed E-state index contributed by atoms with van der Waals surface area (Å²) in [5.41, 5.74) is -2.22. The van der Waals surface area contributed by atoms with Gasteiger partial charge in [0.05, 0.1) is 16.7 Å². The van der Waals surface area contributed by atoms with Crippen molar-refractivity contribution in [2.75, 3.05) is 0 Å². The zero-order valence-electron chi connectivity index (χ0n) is 13.7. The van der Waals surface area contributed by atoms with E-state index in [2.05, 4.69) is 4.98 Å². The molecule has 0 radical (unpaired) electrons. The Morgan fingerprint density at radius 1 is 1.04 bits per heavy atom. The van der Waals surface area contributed by atoms with Crippen molar-refractivity contribution in [2.45, 2.75) is 37.7 Å². The number of hydrogen-bond acceptors (Lipinski definition) is 3. The molecular weight excluding hydrogens is 376 g/mol. The highest BCUT2D eigenvalue weighted by molar-refractivity contribution is 5.90. The number of aryl methyl sites for hydroxylation is 1. The van der Waals surface area contributed by atoms with Gasteiger partial charge in [0, 0.05) is 18.3 Å². The number of halogens is 6. The van der Waals surface area contributed by atoms with Gasteiger partial charge in [-0.1, -0.05) is 6.07 Å². The number of rotatable bonds is 2. The topological polar surface area (TPSA) is 39.2 Å². The van der Waals surface area contributed by atoms with Gasteiger partial charge < -0.3 is 4.74 Å². The second-order valence-corrected chi connectivity index (χ2v) is 6.17. The Bertz CT molecular complexity index is 827. The number of carbonyl (C=O) groups excluding carboxylic acids is 1. The quantitative estimate of drug-likeness (QED) is 0.545. The van der Waals surface area contributed by atoms with Crippen LogP contribution in [0.15, 0.2) is 36.5 Å². The van der Waals surface area contributed by atoms with Crippen LogP contribution in [0.5, 0.6) is 0 Å². The van der Waals surface area contributed by atoms with E-state index >= 15 is 0 Å². The number of benzene rings is 1. The molecule has 1 aromatic heterocycles. The molecule has 0 N–H and O–H groups in total. The van der Waals surface area contributed by atoms with E-state index in [0.717, 1.165) is 11.3 Å². The maximum absolute atomic E-state index is 12.9. The summed E-state index contributed by atoms with van der Waals surface area (Å²) >= 11 is 0. The van der Waals surface area contributed by atoms with Gasteiger partial charge in [-0.15, -0.1) is 0 Å². The summed E-state index contributed by atoms with van der Waals surface area (Å²) in [6.07, 6.45) is -7.87. The molecule has 1 aliphatic carbocycles. The molecular formula is C18H13F6NO2. The third kappa shape index (κ3) is 4.40. The molecule has 144 valence electrons. The molecule has 0 fully saturated rings. The van der Waals surface area contributed by atoms with E-state index in [1.165, 1.54) is 0 Å². The molecule has 1 unspecified atom stereocenters. The van der Waals surface area contributed by atoms with Crippen molar-refractivity contribution >= 4 is 5.97 Å². The van der Waals surface area contributed by atoms with Gasteiger partial charge in [0.2, 0.25) is 0 Å². The van der Waals surface area contributed by atoms with Gasteiger partial charge in [0.25, 0.3) is 0 Å². The van der Waals surface area contributed by atoms with Gasteiger partial charge in [0.1, 0.15) is 6.10 Å². The fraction of sp³-hybridized carbons (Fsp3) is 0.333. The molecule has 1 aromatic carbocycles. The lowest BCUT2D eigenvalue weighted by molar-refractivity contribution is -0.143. The number of nitrogens with zero attached hydrogens (tertiary/aromatic N) is 1. The van der Waals surface area contributed by atoms with E-state index in [1.54, 1.807) is 18.3 Å². The first kappa shape index (κ1) is 19.2. The Hall–Kier alpha value is -2.58. The van der Waals surface area contributed by atoms with E-state index in [0.29, 0.717) is 31.4 Å². The minimum Gasteiger partial charge on any atom is -0.458 e. The van der Waals surface area contributed by atoms with Crippen LogP contribution in [0, 0.1) is 0 Å². The molecule has 27 heavy (non-hydrogen) atoms. The summed E-state index contributed by atoms with van der Waals surface area (Å²) in [4.78, 5) is 16.4. The minimum absolute atomic E-state index is 0.0285. The predicted molar refractivity (Wildman–Crippen MR) is 81.9 cm³/mol. The highest BCUT2D eigenvalue weighted by Crippen LogP contribution is 2.36. The van der Waals surface area contributed by atoms with Crippen LogP contribution in [0.1, 0.15) is 39.2 Å². The standard InChI is InChI=1S/C18H13F6NO2/c19-17(20,21)12-6-11(7-13(9-12)18(22,23)24)16(26)27-14-3-4-15-10(8-14)2-1-5-25-15/h1-2,5-7,9,14H,3-4,8H2. The summed E-state index contributed by atoms with van der Waals surface area (Å²) in [6, 6.07) is 4.20. The van der Waals surface area contributed by atoms with Crippen molar-refractivity contribution in [1.29, 1.82) is 0 Å². The molecule has 9 heteroatoms. The number of esters is 1. The van der Waals surface area contributed by atoms with E-state index in [-0.39, 0.29) is 6.07 Å². The number of carbonyl (C=O) groups is 1. The van der Waals surface area contributed by atoms with Gasteiger partial charge in [-0.25, -0.2) is 4.79 Å². The fourth-order valence-corrected chi connectivity index (χ4v) is 2.92. The van der Waals surface area contributed by atoms with Crippen molar-refractivity contribution in [2.24, 2.45) is 0 Å². The Kier molecular flexibility index (Phi) is 4.88. The average Bonchev–Trinajstić information content (AvgIpc) is 2.59. The van der Waals surface area contributed by atoms with Crippen molar-refractivity contribution in [3.8, 4) is 0 Å². The van der Waals surface area contributed by atoms with Crippen LogP contribution >= 0.6 is 0 Å². The number of fused-ring (bicyclic) bond motifs is 1. The Morgan fingerprint density at radius 3 is 2.26 bits per heavy atom. The molecule has 0 amide bonds. The second-order valence-electron chi connectivity index (χ2n) is 6.17. The highest BCUT2D eigenvalue weighted by Gasteiger charge is 2.38. The van der Waals surface area contributed by atoms with Gasteiger partial charge in [0.15, 0.2) is 0 Å². The Labute approximate surface area is 150 Å². The molecule has 2 aromatic rings. The van der Waals surface area contributed by atoms with E-state index in [9.17, 15) is 31.1 Å². The predicted octanol–water partition coefficient (Wildman–Crippen LogP) is 4.83. The summed E-state index contributed by atoms with van der Waals surface area (Å²) in [6.45, 7) is 0. The molecule has 1 heterocycles. The number of pyridine rings is 1. The first-order valence-electron chi connectivity index (χ1n) is 7.97. The van der Waals surface area contributed by atoms with E-state index in [4.69, 9.17) is 4.74 Å². The lowest BCUT2D eigenvalue weighted by atomic mass is 9.93. The van der Waals surface area contributed by atoms with Gasteiger partial charge in [-0.05, 0) is 42.7 Å². The van der Waals surface area contributed by atoms with E-state index < -0.39 is 41.1 Å². The van der Waals surface area contributed by atoms with Crippen molar-refractivity contribution < 1.29 is 35.9 Å². The summed E-state index contributed by atoms with van der Waals surface area (Å²) in [5, 5.41) is 0. The monoisotopic (exact) mass is 389 g/mol. The highest BCUT2D eigenvalue weighted by atomic mass is 19.4. The zero-order chi connectivity index (χ0) is 19.8. The number of ether oxygens (including phenoxy) is 1. The largest absolute Gasteiger partial charge is 0.458 e. The van der Waals surface area contributed by atoms with Gasteiger partial charge in [-0.2, -0.15) is 26.3 Å². The molecule has 3 nitrogen and oxygen atoms in total. The second kappa shape index (κ2) is 6.86. The number of hydrogen-bond donors (Lipinski definition) is 0. The normalized spacial score (nSPS) is 17.3. The van der Waals surface area contributed by atoms with Crippen molar-refractivity contribution in [3.63, 3.8) is 0 Å². The summed E-state index contributed by atoms with van der Waals surface area (Å²) < 4.78 is 82.6. The van der Waals surface area contributed by atoms with Gasteiger partial charge >= 0.3 is 18.3 Å². The molecule has 0 aliphatic heterocycles. The van der Waals surface area contributed by atoms with Crippen molar-refractivity contribution in [3.05, 3.63) is 64.5 Å². The third-order valence-corrected chi connectivity index (χ3v) is 4.23. The first-order valence-corrected chi connectivity index (χ1v) is 7.97. The van der Waals surface area contributed by atoms with Crippen LogP contribution in [-0.4, -0.2) is 17.1 Å². The van der Waals surface area contributed by atoms with Crippen LogP contribution in [0.3, 0.4) is 0 Å². The number of aromatic nitrogens is 1. The molecule has 1 atom stereocenters. The minimum atomic E-state index is -5.02. The first-order chi connectivity index (χ1) is 12.5. The molecule has 0 spiro atoms. The summed E-state index contributed by atoms with van der Waals surface area (Å²) in [5.74, 6) is -1.22. The Morgan fingerprint density at radius 2 is 1.67 bits per heavy atom. The molecule has 0 bridgehead atoms. The van der Waals surface area contributed by atoms with Crippen LogP contribution in [0.4, 0.5) is 26.3 Å². The zero-order valence-corrected chi connectivity index (χ0v) is 13.7. The molecule has 1 aliphatic rings. The fourth-order valence-electron chi connectivity index (χ4n) is 2.92. The number of alkyl halides is 6. The maximum atomic E-state index is 12.9. The third-order valence-electron chi connectivity index (χ3n) is 4.23.